The molecule has 0 fully saturated rings. The van der Waals surface area contributed by atoms with Crippen molar-refractivity contribution in [1.29, 1.82) is 0 Å². The number of hydrogen-bond acceptors (Lipinski definition) is 7. The molecule has 4 rings (SSSR count). The zero-order valence-corrected chi connectivity index (χ0v) is 16.2. The predicted molar refractivity (Wildman–Crippen MR) is 107 cm³/mol. The predicted octanol–water partition coefficient (Wildman–Crippen LogP) is 2.62. The Morgan fingerprint density at radius 3 is 2.52 bits per heavy atom. The molecule has 2 N–H and O–H groups in total. The second kappa shape index (κ2) is 7.63. The van der Waals surface area contributed by atoms with Gasteiger partial charge in [0, 0.05) is 11.3 Å². The largest absolute Gasteiger partial charge is 0.496 e. The van der Waals surface area contributed by atoms with Gasteiger partial charge >= 0.3 is 0 Å². The van der Waals surface area contributed by atoms with Crippen molar-refractivity contribution in [3.8, 4) is 11.5 Å². The van der Waals surface area contributed by atoms with E-state index in [-0.39, 0.29) is 5.91 Å². The van der Waals surface area contributed by atoms with E-state index in [1.807, 2.05) is 43.3 Å². The molecule has 0 saturated carbocycles. The molecular formula is C20H20N6O3. The highest BCUT2D eigenvalue weighted by atomic mass is 16.5. The van der Waals surface area contributed by atoms with Crippen molar-refractivity contribution in [1.82, 2.24) is 20.2 Å². The highest BCUT2D eigenvalue weighted by Gasteiger charge is 2.35. The first-order valence-corrected chi connectivity index (χ1v) is 8.97. The van der Waals surface area contributed by atoms with Crippen LogP contribution in [0.3, 0.4) is 0 Å². The van der Waals surface area contributed by atoms with Crippen LogP contribution in [0.4, 0.5) is 11.6 Å². The van der Waals surface area contributed by atoms with Gasteiger partial charge in [0.25, 0.3) is 5.91 Å². The Bertz CT molecular complexity index is 1090. The van der Waals surface area contributed by atoms with Gasteiger partial charge in [-0.2, -0.15) is 4.68 Å². The smallest absolute Gasteiger partial charge is 0.255 e. The van der Waals surface area contributed by atoms with Crippen LogP contribution >= 0.6 is 0 Å². The van der Waals surface area contributed by atoms with Crippen LogP contribution in [-0.2, 0) is 4.79 Å². The van der Waals surface area contributed by atoms with E-state index < -0.39 is 6.04 Å². The fourth-order valence-corrected chi connectivity index (χ4v) is 3.42. The molecule has 0 aliphatic carbocycles. The number of hydrogen-bond donors (Lipinski definition) is 2. The summed E-state index contributed by atoms with van der Waals surface area (Å²) in [6.45, 7) is 1.82. The normalized spacial score (nSPS) is 15.3. The van der Waals surface area contributed by atoms with Crippen LogP contribution in [0.1, 0.15) is 18.5 Å². The van der Waals surface area contributed by atoms with Crippen molar-refractivity contribution in [2.45, 2.75) is 13.0 Å². The lowest BCUT2D eigenvalue weighted by atomic mass is 9.94. The topological polar surface area (TPSA) is 103 Å². The minimum absolute atomic E-state index is 0.295. The average molecular weight is 392 g/mol. The molecule has 0 spiro atoms. The van der Waals surface area contributed by atoms with Gasteiger partial charge in [-0.3, -0.25) is 4.79 Å². The average Bonchev–Trinajstić information content (AvgIpc) is 3.21. The fraction of sp³-hybridized carbons (Fsp3) is 0.200. The lowest BCUT2D eigenvalue weighted by Gasteiger charge is -2.29. The number of rotatable bonds is 5. The number of aromatic nitrogens is 4. The molecule has 2 heterocycles. The maximum absolute atomic E-state index is 13.4. The number of anilines is 2. The lowest BCUT2D eigenvalue weighted by Crippen LogP contribution is -2.31. The number of allylic oxidation sites excluding steroid dienone is 1. The minimum Gasteiger partial charge on any atom is -0.496 e. The first-order valence-electron chi connectivity index (χ1n) is 8.97. The Labute approximate surface area is 167 Å². The van der Waals surface area contributed by atoms with Gasteiger partial charge < -0.3 is 20.1 Å². The van der Waals surface area contributed by atoms with E-state index in [1.165, 1.54) is 0 Å². The molecule has 1 amide bonds. The summed E-state index contributed by atoms with van der Waals surface area (Å²) in [6, 6.07) is 14.2. The van der Waals surface area contributed by atoms with Crippen molar-refractivity contribution in [3.63, 3.8) is 0 Å². The van der Waals surface area contributed by atoms with Gasteiger partial charge in [0.05, 0.1) is 25.5 Å². The number of carbonyl (C=O) groups is 1. The van der Waals surface area contributed by atoms with Crippen molar-refractivity contribution in [3.05, 3.63) is 65.4 Å². The number of carbonyl (C=O) groups excluding carboxylic acids is 1. The number of nitrogens with one attached hydrogen (secondary N) is 2. The summed E-state index contributed by atoms with van der Waals surface area (Å²) < 4.78 is 12.5. The molecule has 0 saturated heterocycles. The fourth-order valence-electron chi connectivity index (χ4n) is 3.42. The molecule has 29 heavy (non-hydrogen) atoms. The Hall–Kier alpha value is -3.88. The van der Waals surface area contributed by atoms with E-state index in [0.29, 0.717) is 34.4 Å². The van der Waals surface area contributed by atoms with Crippen LogP contribution in [-0.4, -0.2) is 40.3 Å². The van der Waals surface area contributed by atoms with Gasteiger partial charge in [0.2, 0.25) is 5.95 Å². The number of methoxy groups -OCH3 is 2. The summed E-state index contributed by atoms with van der Waals surface area (Å²) in [5, 5.41) is 17.9. The van der Waals surface area contributed by atoms with Crippen LogP contribution in [0, 0.1) is 0 Å². The molecule has 0 radical (unpaired) electrons. The number of nitrogens with zero attached hydrogens (tertiary/aromatic N) is 4. The molecule has 148 valence electrons. The molecule has 2 aromatic carbocycles. The lowest BCUT2D eigenvalue weighted by molar-refractivity contribution is -0.113. The Balaban J connectivity index is 1.80. The van der Waals surface area contributed by atoms with Gasteiger partial charge in [-0.25, -0.2) is 0 Å². The summed E-state index contributed by atoms with van der Waals surface area (Å²) in [6.07, 6.45) is 0. The molecule has 0 unspecified atom stereocenters. The van der Waals surface area contributed by atoms with Gasteiger partial charge in [-0.05, 0) is 35.5 Å². The number of tetrazole rings is 1. The minimum atomic E-state index is -0.563. The second-order valence-electron chi connectivity index (χ2n) is 6.41. The van der Waals surface area contributed by atoms with Gasteiger partial charge in [0.1, 0.15) is 17.5 Å². The molecule has 0 bridgehead atoms. The molecule has 1 aliphatic heterocycles. The third-order valence-electron chi connectivity index (χ3n) is 4.75. The quantitative estimate of drug-likeness (QED) is 0.688. The first-order chi connectivity index (χ1) is 14.1. The van der Waals surface area contributed by atoms with Crippen molar-refractivity contribution >= 4 is 17.5 Å². The van der Waals surface area contributed by atoms with Gasteiger partial charge in [-0.1, -0.05) is 35.4 Å². The van der Waals surface area contributed by atoms with Gasteiger partial charge in [-0.15, -0.1) is 0 Å². The van der Waals surface area contributed by atoms with E-state index in [9.17, 15) is 4.79 Å². The summed E-state index contributed by atoms with van der Waals surface area (Å²) in [5.41, 5.74) is 2.46. The molecule has 1 aliphatic rings. The van der Waals surface area contributed by atoms with E-state index in [0.717, 1.165) is 5.56 Å². The van der Waals surface area contributed by atoms with E-state index in [1.54, 1.807) is 31.0 Å². The second-order valence-corrected chi connectivity index (χ2v) is 6.41. The Morgan fingerprint density at radius 1 is 1.07 bits per heavy atom. The van der Waals surface area contributed by atoms with Crippen molar-refractivity contribution in [2.24, 2.45) is 0 Å². The molecule has 1 atom stereocenters. The molecule has 9 heteroatoms. The van der Waals surface area contributed by atoms with Crippen molar-refractivity contribution in [2.75, 3.05) is 24.9 Å². The maximum Gasteiger partial charge on any atom is 0.255 e. The van der Waals surface area contributed by atoms with E-state index >= 15 is 0 Å². The zero-order valence-electron chi connectivity index (χ0n) is 16.2. The van der Waals surface area contributed by atoms with E-state index in [4.69, 9.17) is 9.47 Å². The number of amides is 1. The molecule has 1 aromatic heterocycles. The van der Waals surface area contributed by atoms with Crippen LogP contribution in [0.5, 0.6) is 11.5 Å². The Kier molecular flexibility index (Phi) is 4.86. The maximum atomic E-state index is 13.4. The molecule has 3 aromatic rings. The van der Waals surface area contributed by atoms with Crippen LogP contribution in [0.15, 0.2) is 59.8 Å². The SMILES string of the molecule is COc1ccccc1NC(=O)C1=C(C)Nc2nnnn2[C@@H]1c1ccccc1OC. The molecular weight excluding hydrogens is 372 g/mol. The highest BCUT2D eigenvalue weighted by molar-refractivity contribution is 6.06. The van der Waals surface area contributed by atoms with Crippen LogP contribution in [0.2, 0.25) is 0 Å². The number of ether oxygens (including phenoxy) is 2. The zero-order chi connectivity index (χ0) is 20.4. The Morgan fingerprint density at radius 2 is 1.76 bits per heavy atom. The number of benzene rings is 2. The third-order valence-corrected chi connectivity index (χ3v) is 4.75. The standard InChI is InChI=1S/C20H20N6O3/c1-12-17(19(27)22-14-9-5-7-11-16(14)29-3)18(26-20(21-12)23-24-25-26)13-8-4-6-10-15(13)28-2/h4-11,18H,1-3H3,(H,22,27)(H,21,23,25)/t18-/m1/s1. The summed E-state index contributed by atoms with van der Waals surface area (Å²) in [5.74, 6) is 1.36. The molecule has 9 nitrogen and oxygen atoms in total. The third kappa shape index (κ3) is 3.27. The highest BCUT2D eigenvalue weighted by Crippen LogP contribution is 2.39. The summed E-state index contributed by atoms with van der Waals surface area (Å²) in [4.78, 5) is 13.4. The van der Waals surface area contributed by atoms with Crippen LogP contribution < -0.4 is 20.1 Å². The van der Waals surface area contributed by atoms with Crippen molar-refractivity contribution < 1.29 is 14.3 Å². The van der Waals surface area contributed by atoms with Gasteiger partial charge in [0.15, 0.2) is 0 Å². The first kappa shape index (κ1) is 18.5. The summed E-state index contributed by atoms with van der Waals surface area (Å²) >= 11 is 0. The van der Waals surface area contributed by atoms with E-state index in [2.05, 4.69) is 26.2 Å². The number of para-hydroxylation sites is 3. The number of fused-ring (bicyclic) bond motifs is 1. The van der Waals surface area contributed by atoms with Crippen LogP contribution in [0.25, 0.3) is 0 Å². The monoisotopic (exact) mass is 392 g/mol. The summed E-state index contributed by atoms with van der Waals surface area (Å²) in [7, 11) is 3.15.